The number of carbonyl (C=O) groups is 2. The number of aryl methyl sites for hydroxylation is 1. The van der Waals surface area contributed by atoms with Crippen LogP contribution in [-0.4, -0.2) is 29.0 Å². The summed E-state index contributed by atoms with van der Waals surface area (Å²) in [7, 11) is 1.22. The third kappa shape index (κ3) is 2.61. The van der Waals surface area contributed by atoms with Crippen LogP contribution in [0.1, 0.15) is 26.5 Å². The normalized spacial score (nSPS) is 10.1. The number of esters is 1. The van der Waals surface area contributed by atoms with Gasteiger partial charge in [-0.1, -0.05) is 0 Å². The molecule has 2 aromatic rings. The first-order valence-electron chi connectivity index (χ1n) is 5.82. The number of nitrogens with two attached hydrogens (primary N) is 1. The molecule has 1 amide bonds. The average molecular weight is 274 g/mol. The first-order valence-corrected chi connectivity index (χ1v) is 5.82. The highest BCUT2D eigenvalue weighted by Gasteiger charge is 2.20. The van der Waals surface area contributed by atoms with E-state index in [9.17, 15) is 9.59 Å². The highest BCUT2D eigenvalue weighted by atomic mass is 16.5. The van der Waals surface area contributed by atoms with Crippen molar-refractivity contribution in [1.29, 1.82) is 0 Å². The van der Waals surface area contributed by atoms with E-state index in [1.165, 1.54) is 13.4 Å². The number of rotatable bonds is 3. The molecule has 20 heavy (non-hydrogen) atoms. The topological polar surface area (TPSA) is 110 Å². The molecule has 0 saturated carbocycles. The van der Waals surface area contributed by atoms with Crippen molar-refractivity contribution in [1.82, 2.24) is 9.97 Å². The fourth-order valence-electron chi connectivity index (χ4n) is 1.67. The van der Waals surface area contributed by atoms with Gasteiger partial charge in [-0.3, -0.25) is 4.79 Å². The summed E-state index contributed by atoms with van der Waals surface area (Å²) in [5.41, 5.74) is 7.76. The largest absolute Gasteiger partial charge is 0.464 e. The Balaban J connectivity index is 2.22. The summed E-state index contributed by atoms with van der Waals surface area (Å²) < 4.78 is 4.55. The van der Waals surface area contributed by atoms with Crippen LogP contribution in [0.25, 0.3) is 0 Å². The van der Waals surface area contributed by atoms with Crippen LogP contribution in [-0.2, 0) is 4.74 Å². The number of benzene rings is 1. The van der Waals surface area contributed by atoms with E-state index < -0.39 is 11.9 Å². The lowest BCUT2D eigenvalue weighted by atomic mass is 10.2. The van der Waals surface area contributed by atoms with Gasteiger partial charge in [-0.15, -0.1) is 0 Å². The van der Waals surface area contributed by atoms with Crippen molar-refractivity contribution in [3.05, 3.63) is 41.5 Å². The lowest BCUT2D eigenvalue weighted by molar-refractivity contribution is 0.0591. The van der Waals surface area contributed by atoms with Gasteiger partial charge in [0.25, 0.3) is 5.91 Å². The monoisotopic (exact) mass is 274 g/mol. The number of nitrogens with zero attached hydrogens (tertiary/aromatic N) is 1. The molecule has 0 atom stereocenters. The van der Waals surface area contributed by atoms with Gasteiger partial charge < -0.3 is 20.8 Å². The minimum atomic E-state index is -0.676. The zero-order chi connectivity index (χ0) is 14.7. The lowest BCUT2D eigenvalue weighted by Gasteiger charge is -2.07. The number of aromatic amines is 1. The van der Waals surface area contributed by atoms with E-state index in [2.05, 4.69) is 20.0 Å². The molecule has 0 aliphatic heterocycles. The number of methoxy groups -OCH3 is 1. The minimum Gasteiger partial charge on any atom is -0.464 e. The van der Waals surface area contributed by atoms with Gasteiger partial charge in [0.2, 0.25) is 0 Å². The molecular formula is C13H14N4O3. The van der Waals surface area contributed by atoms with Crippen LogP contribution < -0.4 is 11.1 Å². The van der Waals surface area contributed by atoms with Crippen LogP contribution in [0.3, 0.4) is 0 Å². The van der Waals surface area contributed by atoms with Crippen LogP contribution in [0, 0.1) is 6.92 Å². The molecule has 7 nitrogen and oxygen atoms in total. The van der Waals surface area contributed by atoms with E-state index >= 15 is 0 Å². The molecule has 2 rings (SSSR count). The fourth-order valence-corrected chi connectivity index (χ4v) is 1.67. The van der Waals surface area contributed by atoms with Crippen molar-refractivity contribution in [2.24, 2.45) is 0 Å². The summed E-state index contributed by atoms with van der Waals surface area (Å²) in [5, 5.41) is 2.66. The zero-order valence-electron chi connectivity index (χ0n) is 11.1. The molecule has 7 heteroatoms. The highest BCUT2D eigenvalue weighted by Crippen LogP contribution is 2.17. The maximum atomic E-state index is 12.1. The number of carbonyl (C=O) groups excluding carboxylic acids is 2. The predicted octanol–water partition coefficient (Wildman–Crippen LogP) is 1.34. The smallest absolute Gasteiger partial charge is 0.359 e. The maximum absolute atomic E-state index is 12.1. The molecule has 1 aromatic carbocycles. The summed E-state index contributed by atoms with van der Waals surface area (Å²) in [6.45, 7) is 1.83. The quantitative estimate of drug-likeness (QED) is 0.578. The third-order valence-corrected chi connectivity index (χ3v) is 2.77. The van der Waals surface area contributed by atoms with Gasteiger partial charge >= 0.3 is 5.97 Å². The van der Waals surface area contributed by atoms with Crippen molar-refractivity contribution >= 4 is 23.3 Å². The first-order chi connectivity index (χ1) is 9.52. The molecule has 1 aromatic heterocycles. The number of amides is 1. The van der Waals surface area contributed by atoms with Crippen molar-refractivity contribution in [2.75, 3.05) is 18.2 Å². The Kier molecular flexibility index (Phi) is 3.69. The van der Waals surface area contributed by atoms with E-state index in [0.29, 0.717) is 11.4 Å². The highest BCUT2D eigenvalue weighted by molar-refractivity contribution is 6.09. The van der Waals surface area contributed by atoms with Crippen molar-refractivity contribution < 1.29 is 14.3 Å². The average Bonchev–Trinajstić information content (AvgIpc) is 2.91. The Labute approximate surface area is 115 Å². The Bertz CT molecular complexity index is 663. The number of ether oxygens (including phenoxy) is 1. The number of hydrogen-bond acceptors (Lipinski definition) is 5. The molecule has 0 saturated heterocycles. The SMILES string of the molecule is COC(=O)c1nc[nH]c1C(=O)Nc1ccc(N)c(C)c1. The van der Waals surface area contributed by atoms with Crippen LogP contribution in [0.15, 0.2) is 24.5 Å². The lowest BCUT2D eigenvalue weighted by Crippen LogP contribution is -2.17. The van der Waals surface area contributed by atoms with Gasteiger partial charge in [-0.2, -0.15) is 0 Å². The number of nitrogens with one attached hydrogen (secondary N) is 2. The number of H-pyrrole nitrogens is 1. The molecule has 0 fully saturated rings. The van der Waals surface area contributed by atoms with E-state index in [4.69, 9.17) is 5.73 Å². The molecule has 0 radical (unpaired) electrons. The van der Waals surface area contributed by atoms with E-state index in [1.807, 2.05) is 6.92 Å². The van der Waals surface area contributed by atoms with Gasteiger partial charge in [0, 0.05) is 11.4 Å². The number of aromatic nitrogens is 2. The second-order valence-electron chi connectivity index (χ2n) is 4.14. The molecule has 4 N–H and O–H groups in total. The Morgan fingerprint density at radius 2 is 2.15 bits per heavy atom. The van der Waals surface area contributed by atoms with Gasteiger partial charge in [0.1, 0.15) is 5.69 Å². The van der Waals surface area contributed by atoms with Crippen LogP contribution in [0.4, 0.5) is 11.4 Å². The first kappa shape index (κ1) is 13.6. The molecule has 1 heterocycles. The second kappa shape index (κ2) is 5.43. The Hall–Kier alpha value is -2.83. The Morgan fingerprint density at radius 1 is 1.40 bits per heavy atom. The summed E-state index contributed by atoms with van der Waals surface area (Å²) in [4.78, 5) is 29.9. The van der Waals surface area contributed by atoms with Crippen molar-refractivity contribution in [3.63, 3.8) is 0 Å². The van der Waals surface area contributed by atoms with Crippen LogP contribution in [0.5, 0.6) is 0 Å². The molecule has 0 aliphatic rings. The summed E-state index contributed by atoms with van der Waals surface area (Å²) in [5.74, 6) is -1.16. The van der Waals surface area contributed by atoms with Crippen LogP contribution >= 0.6 is 0 Å². The summed E-state index contributed by atoms with van der Waals surface area (Å²) in [6.07, 6.45) is 1.26. The number of anilines is 2. The second-order valence-corrected chi connectivity index (χ2v) is 4.14. The van der Waals surface area contributed by atoms with Crippen molar-refractivity contribution in [3.8, 4) is 0 Å². The maximum Gasteiger partial charge on any atom is 0.359 e. The molecule has 0 unspecified atom stereocenters. The van der Waals surface area contributed by atoms with Gasteiger partial charge in [-0.05, 0) is 30.7 Å². The molecular weight excluding hydrogens is 260 g/mol. The van der Waals surface area contributed by atoms with E-state index in [0.717, 1.165) is 5.56 Å². The summed E-state index contributed by atoms with van der Waals surface area (Å²) in [6, 6.07) is 5.11. The Morgan fingerprint density at radius 3 is 2.80 bits per heavy atom. The summed E-state index contributed by atoms with van der Waals surface area (Å²) >= 11 is 0. The zero-order valence-corrected chi connectivity index (χ0v) is 11.1. The van der Waals surface area contributed by atoms with E-state index in [1.54, 1.807) is 18.2 Å². The molecule has 0 aliphatic carbocycles. The fraction of sp³-hybridized carbons (Fsp3) is 0.154. The van der Waals surface area contributed by atoms with Crippen molar-refractivity contribution in [2.45, 2.75) is 6.92 Å². The van der Waals surface area contributed by atoms with Crippen LogP contribution in [0.2, 0.25) is 0 Å². The van der Waals surface area contributed by atoms with Gasteiger partial charge in [-0.25, -0.2) is 9.78 Å². The van der Waals surface area contributed by atoms with Gasteiger partial charge in [0.15, 0.2) is 5.69 Å². The van der Waals surface area contributed by atoms with E-state index in [-0.39, 0.29) is 11.4 Å². The molecule has 0 spiro atoms. The predicted molar refractivity (Wildman–Crippen MR) is 73.5 cm³/mol. The third-order valence-electron chi connectivity index (χ3n) is 2.77. The van der Waals surface area contributed by atoms with Gasteiger partial charge in [0.05, 0.1) is 13.4 Å². The molecule has 104 valence electrons. The standard InChI is InChI=1S/C13H14N4O3/c1-7-5-8(3-4-9(7)14)17-12(18)10-11(13(19)20-2)16-6-15-10/h3-6H,14H2,1-2H3,(H,15,16)(H,17,18). The minimum absolute atomic E-state index is 0.0475. The number of imidazole rings is 1. The molecule has 0 bridgehead atoms. The number of nitrogen functional groups attached to an aromatic ring is 1. The number of hydrogen-bond donors (Lipinski definition) is 3.